The van der Waals surface area contributed by atoms with E-state index < -0.39 is 91.7 Å². The standard InChI is InChI=1S/C20H42N6O9/c1-6-10(25)13(28)15(30)20(32-6)35-18-16(31-3-2-21)7(23)4-8(24)17(18)34-19-11(26)14(29)12(27)9(5-22)33-19/h6-20,27-30H,2-5,21-26H2,1H3/t6?,7?,8?,9?,10-,11?,12-,13?,14?,15?,16?,17?,18-,19-,20+/m1/s1. The average molecular weight is 511 g/mol. The molecule has 16 N–H and O–H groups in total. The molecule has 0 amide bonds. The molecule has 0 aromatic rings. The molecule has 0 spiro atoms. The minimum Gasteiger partial charge on any atom is -0.388 e. The van der Waals surface area contributed by atoms with E-state index in [1.807, 2.05) is 0 Å². The molecule has 0 radical (unpaired) electrons. The molecule has 1 saturated carbocycles. The Balaban J connectivity index is 1.86. The third-order valence-electron chi connectivity index (χ3n) is 6.94. The van der Waals surface area contributed by atoms with Crippen LogP contribution in [0.3, 0.4) is 0 Å². The molecule has 206 valence electrons. The van der Waals surface area contributed by atoms with Gasteiger partial charge in [0.25, 0.3) is 0 Å². The highest BCUT2D eigenvalue weighted by Gasteiger charge is 2.52. The second-order valence-corrected chi connectivity index (χ2v) is 9.49. The molecule has 3 rings (SSSR count). The summed E-state index contributed by atoms with van der Waals surface area (Å²) in [5.74, 6) is 0. The van der Waals surface area contributed by atoms with E-state index in [1.165, 1.54) is 0 Å². The van der Waals surface area contributed by atoms with Crippen molar-refractivity contribution in [2.24, 2.45) is 34.4 Å². The Kier molecular flexibility index (Phi) is 10.2. The lowest BCUT2D eigenvalue weighted by Gasteiger charge is -2.49. The summed E-state index contributed by atoms with van der Waals surface area (Å²) in [6.45, 7) is 1.91. The first-order valence-electron chi connectivity index (χ1n) is 11.9. The number of hydrogen-bond donors (Lipinski definition) is 10. The molecule has 0 bridgehead atoms. The topological polar surface area (TPSA) is 283 Å². The zero-order valence-corrected chi connectivity index (χ0v) is 19.8. The van der Waals surface area contributed by atoms with E-state index in [0.717, 1.165) is 0 Å². The van der Waals surface area contributed by atoms with Crippen molar-refractivity contribution >= 4 is 0 Å². The van der Waals surface area contributed by atoms with Crippen molar-refractivity contribution in [1.29, 1.82) is 0 Å². The van der Waals surface area contributed by atoms with Crippen LogP contribution in [0.15, 0.2) is 0 Å². The highest BCUT2D eigenvalue weighted by atomic mass is 16.7. The van der Waals surface area contributed by atoms with Gasteiger partial charge in [0, 0.05) is 25.2 Å². The fraction of sp³-hybridized carbons (Fsp3) is 1.00. The minimum absolute atomic E-state index is 0.0906. The minimum atomic E-state index is -1.47. The molecule has 2 heterocycles. The summed E-state index contributed by atoms with van der Waals surface area (Å²) in [6.07, 6.45) is -12.0. The molecule has 0 aromatic carbocycles. The van der Waals surface area contributed by atoms with Crippen molar-refractivity contribution in [1.82, 2.24) is 0 Å². The van der Waals surface area contributed by atoms with Gasteiger partial charge in [-0.15, -0.1) is 0 Å². The Bertz CT molecular complexity index is 669. The lowest BCUT2D eigenvalue weighted by Crippen LogP contribution is -2.69. The van der Waals surface area contributed by atoms with Crippen LogP contribution < -0.4 is 34.4 Å². The fourth-order valence-electron chi connectivity index (χ4n) is 4.75. The summed E-state index contributed by atoms with van der Waals surface area (Å²) >= 11 is 0. The van der Waals surface area contributed by atoms with Crippen LogP contribution in [0.5, 0.6) is 0 Å². The van der Waals surface area contributed by atoms with Gasteiger partial charge in [0.15, 0.2) is 12.6 Å². The van der Waals surface area contributed by atoms with Gasteiger partial charge in [0.1, 0.15) is 48.8 Å². The highest BCUT2D eigenvalue weighted by Crippen LogP contribution is 2.32. The van der Waals surface area contributed by atoms with E-state index in [0.29, 0.717) is 0 Å². The third-order valence-corrected chi connectivity index (χ3v) is 6.94. The van der Waals surface area contributed by atoms with Crippen molar-refractivity contribution < 1.29 is 44.1 Å². The second kappa shape index (κ2) is 12.3. The van der Waals surface area contributed by atoms with Crippen molar-refractivity contribution in [3.8, 4) is 0 Å². The summed E-state index contributed by atoms with van der Waals surface area (Å²) in [4.78, 5) is 0. The monoisotopic (exact) mass is 510 g/mol. The van der Waals surface area contributed by atoms with Gasteiger partial charge < -0.3 is 78.5 Å². The van der Waals surface area contributed by atoms with E-state index in [2.05, 4.69) is 0 Å². The van der Waals surface area contributed by atoms with Crippen LogP contribution in [0.25, 0.3) is 0 Å². The van der Waals surface area contributed by atoms with Gasteiger partial charge in [0.05, 0.1) is 24.8 Å². The lowest BCUT2D eigenvalue weighted by atomic mass is 9.84. The maximum atomic E-state index is 10.6. The van der Waals surface area contributed by atoms with Gasteiger partial charge in [0.2, 0.25) is 0 Å². The van der Waals surface area contributed by atoms with Crippen LogP contribution in [-0.4, -0.2) is 132 Å². The van der Waals surface area contributed by atoms with Crippen LogP contribution in [0, 0.1) is 0 Å². The maximum Gasteiger partial charge on any atom is 0.187 e. The number of aliphatic hydroxyl groups excluding tert-OH is 4. The molecule has 2 aliphatic heterocycles. The van der Waals surface area contributed by atoms with Crippen molar-refractivity contribution in [2.75, 3.05) is 19.7 Å². The van der Waals surface area contributed by atoms with Crippen LogP contribution >= 0.6 is 0 Å². The maximum absolute atomic E-state index is 10.6. The molecule has 1 aliphatic carbocycles. The van der Waals surface area contributed by atoms with Gasteiger partial charge in [-0.25, -0.2) is 0 Å². The molecular weight excluding hydrogens is 468 g/mol. The van der Waals surface area contributed by atoms with E-state index in [4.69, 9.17) is 58.1 Å². The first-order valence-corrected chi connectivity index (χ1v) is 11.9. The van der Waals surface area contributed by atoms with E-state index in [-0.39, 0.29) is 26.1 Å². The van der Waals surface area contributed by atoms with Crippen molar-refractivity contribution in [3.05, 3.63) is 0 Å². The molecular formula is C20H42N6O9. The van der Waals surface area contributed by atoms with Gasteiger partial charge in [-0.3, -0.25) is 0 Å². The lowest BCUT2D eigenvalue weighted by molar-refractivity contribution is -0.331. The van der Waals surface area contributed by atoms with E-state index in [9.17, 15) is 20.4 Å². The number of nitrogens with two attached hydrogens (primary N) is 6. The van der Waals surface area contributed by atoms with Crippen molar-refractivity contribution in [3.63, 3.8) is 0 Å². The largest absolute Gasteiger partial charge is 0.388 e. The summed E-state index contributed by atoms with van der Waals surface area (Å²) in [5.41, 5.74) is 35.9. The highest BCUT2D eigenvalue weighted by molar-refractivity contribution is 5.02. The predicted octanol–water partition coefficient (Wildman–Crippen LogP) is -6.31. The normalized spacial score (nSPS) is 51.3. The summed E-state index contributed by atoms with van der Waals surface area (Å²) in [5, 5.41) is 41.4. The van der Waals surface area contributed by atoms with Gasteiger partial charge in [-0.05, 0) is 13.3 Å². The Morgan fingerprint density at radius 3 is 1.97 bits per heavy atom. The Morgan fingerprint density at radius 1 is 0.743 bits per heavy atom. The molecule has 15 nitrogen and oxygen atoms in total. The zero-order chi connectivity index (χ0) is 26.0. The summed E-state index contributed by atoms with van der Waals surface area (Å²) in [6, 6.07) is -3.24. The summed E-state index contributed by atoms with van der Waals surface area (Å²) in [7, 11) is 0. The molecule has 15 heteroatoms. The smallest absolute Gasteiger partial charge is 0.187 e. The van der Waals surface area contributed by atoms with Crippen LogP contribution in [0.4, 0.5) is 0 Å². The number of hydrogen-bond acceptors (Lipinski definition) is 15. The van der Waals surface area contributed by atoms with E-state index >= 15 is 0 Å². The number of aliphatic hydroxyl groups is 4. The molecule has 0 aromatic heterocycles. The van der Waals surface area contributed by atoms with Gasteiger partial charge >= 0.3 is 0 Å². The van der Waals surface area contributed by atoms with Crippen LogP contribution in [-0.2, 0) is 23.7 Å². The Labute approximate surface area is 203 Å². The predicted molar refractivity (Wildman–Crippen MR) is 121 cm³/mol. The quantitative estimate of drug-likeness (QED) is 0.145. The first-order chi connectivity index (χ1) is 16.5. The Morgan fingerprint density at radius 2 is 1.34 bits per heavy atom. The molecule has 3 aliphatic rings. The SMILES string of the molecule is CC1O[C@@H](O[C@@H]2C(OCCN)C(N)CC(N)C2O[C@H]2OC(CN)[C@@H](O)C(O)C2N)C(O)C(O)[C@@H]1N. The fourth-order valence-corrected chi connectivity index (χ4v) is 4.75. The van der Waals surface area contributed by atoms with Gasteiger partial charge in [-0.1, -0.05) is 0 Å². The summed E-state index contributed by atoms with van der Waals surface area (Å²) < 4.78 is 29.5. The van der Waals surface area contributed by atoms with Crippen LogP contribution in [0.1, 0.15) is 13.3 Å². The second-order valence-electron chi connectivity index (χ2n) is 9.49. The number of ether oxygens (including phenoxy) is 5. The zero-order valence-electron chi connectivity index (χ0n) is 19.8. The van der Waals surface area contributed by atoms with Crippen molar-refractivity contribution in [2.45, 2.75) is 105 Å². The first kappa shape index (κ1) is 29.0. The third kappa shape index (κ3) is 6.11. The average Bonchev–Trinajstić information content (AvgIpc) is 2.82. The molecule has 3 fully saturated rings. The van der Waals surface area contributed by atoms with E-state index in [1.54, 1.807) is 6.92 Å². The molecule has 10 unspecified atom stereocenters. The molecule has 35 heavy (non-hydrogen) atoms. The number of rotatable bonds is 8. The molecule has 2 saturated heterocycles. The Hall–Kier alpha value is -0.600. The van der Waals surface area contributed by atoms with Crippen LogP contribution in [0.2, 0.25) is 0 Å². The molecule has 15 atom stereocenters. The van der Waals surface area contributed by atoms with Gasteiger partial charge in [-0.2, -0.15) is 0 Å².